The topological polar surface area (TPSA) is 62.2 Å². The number of thiazole rings is 1. The third kappa shape index (κ3) is 3.78. The van der Waals surface area contributed by atoms with Crippen LogP contribution in [0.1, 0.15) is 42.6 Å². The van der Waals surface area contributed by atoms with Gasteiger partial charge < -0.3 is 10.4 Å². The summed E-state index contributed by atoms with van der Waals surface area (Å²) >= 11 is 1.34. The van der Waals surface area contributed by atoms with Crippen LogP contribution in [0.25, 0.3) is 0 Å². The van der Waals surface area contributed by atoms with E-state index in [1.54, 1.807) is 5.51 Å². The molecule has 1 aromatic heterocycles. The first-order chi connectivity index (χ1) is 7.86. The van der Waals surface area contributed by atoms with Crippen LogP contribution in [0.4, 0.5) is 0 Å². The van der Waals surface area contributed by atoms with Gasteiger partial charge in [-0.15, -0.1) is 11.3 Å². The summed E-state index contributed by atoms with van der Waals surface area (Å²) in [5.41, 5.74) is 2.35. The minimum Gasteiger partial charge on any atom is -0.396 e. The highest BCUT2D eigenvalue weighted by atomic mass is 32.1. The number of nitrogens with one attached hydrogen (secondary N) is 1. The van der Waals surface area contributed by atoms with E-state index < -0.39 is 0 Å². The van der Waals surface area contributed by atoms with Crippen molar-refractivity contribution in [1.29, 1.82) is 0 Å². The second-order valence-electron chi connectivity index (χ2n) is 5.17. The number of hydrogen-bond acceptors (Lipinski definition) is 4. The average molecular weight is 256 g/mol. The molecule has 0 fully saturated rings. The first-order valence-electron chi connectivity index (χ1n) is 5.68. The van der Waals surface area contributed by atoms with Gasteiger partial charge in [-0.3, -0.25) is 4.79 Å². The molecule has 1 amide bonds. The highest BCUT2D eigenvalue weighted by Gasteiger charge is 2.26. The molecule has 17 heavy (non-hydrogen) atoms. The molecule has 0 bridgehead atoms. The van der Waals surface area contributed by atoms with Crippen LogP contribution in [-0.2, 0) is 0 Å². The molecule has 1 rings (SSSR count). The molecule has 1 atom stereocenters. The number of aliphatic hydroxyl groups excluding tert-OH is 1. The molecule has 5 heteroatoms. The molecular formula is C12H20N2O2S. The van der Waals surface area contributed by atoms with Crippen LogP contribution >= 0.6 is 11.3 Å². The van der Waals surface area contributed by atoms with Gasteiger partial charge in [-0.2, -0.15) is 0 Å². The maximum atomic E-state index is 12.0. The molecule has 2 N–H and O–H groups in total. The standard InChI is InChI=1S/C12H20N2O2S/c1-8-10(17-7-13-8)11(16)14-9(5-6-15)12(2,3)4/h7,9,15H,5-6H2,1-4H3,(H,14,16)/t9-/m1/s1. The summed E-state index contributed by atoms with van der Waals surface area (Å²) in [4.78, 5) is 16.7. The van der Waals surface area contributed by atoms with Crippen LogP contribution in [0.5, 0.6) is 0 Å². The van der Waals surface area contributed by atoms with Gasteiger partial charge in [0.05, 0.1) is 11.2 Å². The molecule has 4 nitrogen and oxygen atoms in total. The summed E-state index contributed by atoms with van der Waals surface area (Å²) in [5.74, 6) is -0.0987. The number of hydrogen-bond donors (Lipinski definition) is 2. The molecule has 0 aliphatic carbocycles. The van der Waals surface area contributed by atoms with Crippen LogP contribution in [0.2, 0.25) is 0 Å². The zero-order chi connectivity index (χ0) is 13.1. The third-order valence-electron chi connectivity index (χ3n) is 2.72. The van der Waals surface area contributed by atoms with Crippen molar-refractivity contribution in [3.05, 3.63) is 16.1 Å². The lowest BCUT2D eigenvalue weighted by molar-refractivity contribution is 0.0888. The molecule has 0 unspecified atom stereocenters. The largest absolute Gasteiger partial charge is 0.396 e. The van der Waals surface area contributed by atoms with E-state index in [1.807, 2.05) is 27.7 Å². The molecule has 0 aromatic carbocycles. The zero-order valence-corrected chi connectivity index (χ0v) is 11.6. The highest BCUT2D eigenvalue weighted by Crippen LogP contribution is 2.22. The number of nitrogens with zero attached hydrogens (tertiary/aromatic N) is 1. The van der Waals surface area contributed by atoms with Gasteiger partial charge in [0.25, 0.3) is 5.91 Å². The van der Waals surface area contributed by atoms with Crippen LogP contribution in [0.15, 0.2) is 5.51 Å². The van der Waals surface area contributed by atoms with E-state index in [-0.39, 0.29) is 24.0 Å². The Labute approximate surface area is 106 Å². The molecule has 96 valence electrons. The minimum absolute atomic E-state index is 0.0403. The molecule has 1 heterocycles. The van der Waals surface area contributed by atoms with Crippen molar-refractivity contribution in [3.63, 3.8) is 0 Å². The van der Waals surface area contributed by atoms with Crippen molar-refractivity contribution < 1.29 is 9.90 Å². The van der Waals surface area contributed by atoms with E-state index in [9.17, 15) is 4.79 Å². The van der Waals surface area contributed by atoms with E-state index in [1.165, 1.54) is 11.3 Å². The van der Waals surface area contributed by atoms with Crippen molar-refractivity contribution in [2.24, 2.45) is 5.41 Å². The Morgan fingerprint density at radius 2 is 2.24 bits per heavy atom. The number of carbonyl (C=O) groups excluding carboxylic acids is 1. The SMILES string of the molecule is Cc1ncsc1C(=O)N[C@H](CCO)C(C)(C)C. The summed E-state index contributed by atoms with van der Waals surface area (Å²) in [7, 11) is 0. The zero-order valence-electron chi connectivity index (χ0n) is 10.8. The van der Waals surface area contributed by atoms with Crippen molar-refractivity contribution in [2.45, 2.75) is 40.2 Å². The van der Waals surface area contributed by atoms with Crippen molar-refractivity contribution in [2.75, 3.05) is 6.61 Å². The van der Waals surface area contributed by atoms with Gasteiger partial charge in [-0.25, -0.2) is 4.98 Å². The Morgan fingerprint density at radius 3 is 2.65 bits per heavy atom. The number of rotatable bonds is 4. The van der Waals surface area contributed by atoms with Gasteiger partial charge in [-0.05, 0) is 18.8 Å². The number of amides is 1. The lowest BCUT2D eigenvalue weighted by Crippen LogP contribution is -2.44. The van der Waals surface area contributed by atoms with Gasteiger partial charge in [0.15, 0.2) is 0 Å². The second-order valence-corrected chi connectivity index (χ2v) is 6.03. The quantitative estimate of drug-likeness (QED) is 0.866. The monoisotopic (exact) mass is 256 g/mol. The van der Waals surface area contributed by atoms with E-state index in [0.29, 0.717) is 11.3 Å². The Morgan fingerprint density at radius 1 is 1.59 bits per heavy atom. The fraction of sp³-hybridized carbons (Fsp3) is 0.667. The number of carbonyl (C=O) groups is 1. The first kappa shape index (κ1) is 14.1. The number of aliphatic hydroxyl groups is 1. The van der Waals surface area contributed by atoms with Crippen LogP contribution in [0, 0.1) is 12.3 Å². The summed E-state index contributed by atoms with van der Waals surface area (Å²) in [6.45, 7) is 8.04. The van der Waals surface area contributed by atoms with E-state index >= 15 is 0 Å². The predicted octanol–water partition coefficient (Wildman–Crippen LogP) is 1.98. The van der Waals surface area contributed by atoms with E-state index in [4.69, 9.17) is 5.11 Å². The summed E-state index contributed by atoms with van der Waals surface area (Å²) in [6, 6.07) is -0.0403. The van der Waals surface area contributed by atoms with Crippen molar-refractivity contribution >= 4 is 17.2 Å². The molecule has 0 spiro atoms. The lowest BCUT2D eigenvalue weighted by atomic mass is 9.85. The second kappa shape index (κ2) is 5.60. The van der Waals surface area contributed by atoms with Crippen LogP contribution in [0.3, 0.4) is 0 Å². The summed E-state index contributed by atoms with van der Waals surface area (Å²) < 4.78 is 0. The lowest BCUT2D eigenvalue weighted by Gasteiger charge is -2.31. The molecular weight excluding hydrogens is 236 g/mol. The van der Waals surface area contributed by atoms with Crippen molar-refractivity contribution in [3.8, 4) is 0 Å². The average Bonchev–Trinajstić information content (AvgIpc) is 2.62. The van der Waals surface area contributed by atoms with Gasteiger partial charge in [0, 0.05) is 12.6 Å². The van der Waals surface area contributed by atoms with Gasteiger partial charge in [-0.1, -0.05) is 20.8 Å². The minimum atomic E-state index is -0.0987. The summed E-state index contributed by atoms with van der Waals surface area (Å²) in [5, 5.41) is 12.0. The van der Waals surface area contributed by atoms with Crippen LogP contribution in [-0.4, -0.2) is 28.6 Å². The molecule has 0 radical (unpaired) electrons. The Bertz CT molecular complexity index is 382. The Kier molecular flexibility index (Phi) is 4.65. The fourth-order valence-electron chi connectivity index (χ4n) is 1.59. The van der Waals surface area contributed by atoms with Crippen LogP contribution < -0.4 is 5.32 Å². The Hall–Kier alpha value is -0.940. The van der Waals surface area contributed by atoms with E-state index in [0.717, 1.165) is 5.69 Å². The molecule has 1 aromatic rings. The van der Waals surface area contributed by atoms with Crippen molar-refractivity contribution in [1.82, 2.24) is 10.3 Å². The highest BCUT2D eigenvalue weighted by molar-refractivity contribution is 7.11. The predicted molar refractivity (Wildman–Crippen MR) is 69.3 cm³/mol. The summed E-state index contributed by atoms with van der Waals surface area (Å²) in [6.07, 6.45) is 0.563. The number of aromatic nitrogens is 1. The van der Waals surface area contributed by atoms with E-state index in [2.05, 4.69) is 10.3 Å². The molecule has 0 saturated heterocycles. The number of aryl methyl sites for hydroxylation is 1. The van der Waals surface area contributed by atoms with Gasteiger partial charge in [0.1, 0.15) is 4.88 Å². The fourth-order valence-corrected chi connectivity index (χ4v) is 2.30. The maximum Gasteiger partial charge on any atom is 0.263 e. The smallest absolute Gasteiger partial charge is 0.263 e. The molecule has 0 aliphatic heterocycles. The Balaban J connectivity index is 2.75. The first-order valence-corrected chi connectivity index (χ1v) is 6.56. The van der Waals surface area contributed by atoms with Gasteiger partial charge >= 0.3 is 0 Å². The maximum absolute atomic E-state index is 12.0. The van der Waals surface area contributed by atoms with Gasteiger partial charge in [0.2, 0.25) is 0 Å². The normalized spacial score (nSPS) is 13.5. The molecule has 0 saturated carbocycles. The third-order valence-corrected chi connectivity index (χ3v) is 3.65. The molecule has 0 aliphatic rings.